The van der Waals surface area contributed by atoms with E-state index in [1.165, 1.54) is 12.1 Å². The number of benzene rings is 1. The third kappa shape index (κ3) is 6.18. The predicted molar refractivity (Wildman–Crippen MR) is 117 cm³/mol. The molecule has 12 nitrogen and oxygen atoms in total. The average molecular weight is 495 g/mol. The van der Waals surface area contributed by atoms with Crippen LogP contribution >= 0.6 is 0 Å². The third-order valence-electron chi connectivity index (χ3n) is 5.47. The summed E-state index contributed by atoms with van der Waals surface area (Å²) in [6.45, 7) is 1.04. The van der Waals surface area contributed by atoms with Gasteiger partial charge in [-0.05, 0) is 31.1 Å². The van der Waals surface area contributed by atoms with Gasteiger partial charge in [0.05, 0.1) is 17.9 Å². The highest BCUT2D eigenvalue weighted by atomic mass is 32.2. The minimum atomic E-state index is -3.84. The van der Waals surface area contributed by atoms with Crippen LogP contribution in [0.25, 0.3) is 0 Å². The number of aliphatic hydroxyl groups is 1. The summed E-state index contributed by atoms with van der Waals surface area (Å²) >= 11 is 0. The molecular formula is C21H26N4O8S. The molecule has 184 valence electrons. The summed E-state index contributed by atoms with van der Waals surface area (Å²) in [6, 6.07) is 5.29. The molecule has 0 aliphatic carbocycles. The molecule has 2 aliphatic heterocycles. The van der Waals surface area contributed by atoms with Crippen molar-refractivity contribution < 1.29 is 37.4 Å². The van der Waals surface area contributed by atoms with E-state index in [-0.39, 0.29) is 30.8 Å². The summed E-state index contributed by atoms with van der Waals surface area (Å²) in [5, 5.41) is 12.1. The summed E-state index contributed by atoms with van der Waals surface area (Å²) in [5.74, 6) is -4.15. The summed E-state index contributed by atoms with van der Waals surface area (Å²) in [5.41, 5.74) is 6.71. The second kappa shape index (κ2) is 10.3. The average Bonchev–Trinajstić information content (AvgIpc) is 2.97. The van der Waals surface area contributed by atoms with E-state index in [1.807, 2.05) is 6.92 Å². The number of cyclic esters (lactones) is 1. The summed E-state index contributed by atoms with van der Waals surface area (Å²) in [6.07, 6.45) is -0.217. The molecule has 0 saturated carbocycles. The van der Waals surface area contributed by atoms with Gasteiger partial charge in [-0.1, -0.05) is 23.8 Å². The molecule has 3 rings (SSSR count). The molecule has 0 aromatic heterocycles. The number of nitrogens with one attached hydrogen (secondary N) is 2. The maximum Gasteiger partial charge on any atom is 0.310 e. The molecule has 1 aromatic carbocycles. The van der Waals surface area contributed by atoms with Crippen LogP contribution in [0.5, 0.6) is 0 Å². The van der Waals surface area contributed by atoms with Crippen molar-refractivity contribution in [3.8, 4) is 0 Å². The highest BCUT2D eigenvalue weighted by Gasteiger charge is 2.36. The van der Waals surface area contributed by atoms with Crippen molar-refractivity contribution in [1.29, 1.82) is 0 Å². The summed E-state index contributed by atoms with van der Waals surface area (Å²) < 4.78 is 32.2. The van der Waals surface area contributed by atoms with Gasteiger partial charge in [-0.15, -0.1) is 0 Å². The lowest BCUT2D eigenvalue weighted by atomic mass is 10.0. The molecule has 3 amide bonds. The van der Waals surface area contributed by atoms with Gasteiger partial charge in [0.1, 0.15) is 12.0 Å². The highest BCUT2D eigenvalue weighted by molar-refractivity contribution is 7.89. The number of rotatable bonds is 8. The smallest absolute Gasteiger partial charge is 0.310 e. The number of allylic oxidation sites excluding steroid dienone is 1. The molecule has 2 heterocycles. The van der Waals surface area contributed by atoms with Gasteiger partial charge < -0.3 is 25.8 Å². The number of sulfonamides is 1. The molecule has 1 saturated heterocycles. The van der Waals surface area contributed by atoms with Gasteiger partial charge in [0.25, 0.3) is 0 Å². The molecule has 3 unspecified atom stereocenters. The largest absolute Gasteiger partial charge is 0.434 e. The Hall–Kier alpha value is -3.29. The van der Waals surface area contributed by atoms with E-state index in [9.17, 15) is 32.7 Å². The van der Waals surface area contributed by atoms with Crippen molar-refractivity contribution in [2.75, 3.05) is 19.6 Å². The molecule has 2 aliphatic rings. The predicted octanol–water partition coefficient (Wildman–Crippen LogP) is -1.72. The SMILES string of the molecule is Cc1ccc(S(=O)(=O)NCC2=CCC(C(N)=O)C(=O)N(CC(=O)NC3CC(=O)OC3O)C2)cc1. The number of ether oxygens (including phenoxy) is 1. The van der Waals surface area contributed by atoms with Crippen molar-refractivity contribution in [1.82, 2.24) is 14.9 Å². The Morgan fingerprint density at radius 1 is 1.24 bits per heavy atom. The van der Waals surface area contributed by atoms with Crippen molar-refractivity contribution in [2.24, 2.45) is 11.7 Å². The van der Waals surface area contributed by atoms with Crippen LogP contribution in [0.1, 0.15) is 18.4 Å². The fourth-order valence-electron chi connectivity index (χ4n) is 3.57. The number of aryl methyl sites for hydroxylation is 1. The zero-order valence-electron chi connectivity index (χ0n) is 18.4. The molecule has 0 bridgehead atoms. The van der Waals surface area contributed by atoms with Crippen LogP contribution in [-0.2, 0) is 33.9 Å². The number of carbonyl (C=O) groups is 4. The molecule has 1 aromatic rings. The second-order valence-electron chi connectivity index (χ2n) is 8.14. The normalized spacial score (nSPS) is 23.2. The monoisotopic (exact) mass is 494 g/mol. The number of aliphatic hydroxyl groups excluding tert-OH is 1. The van der Waals surface area contributed by atoms with Crippen molar-refractivity contribution in [3.63, 3.8) is 0 Å². The maximum absolute atomic E-state index is 12.8. The summed E-state index contributed by atoms with van der Waals surface area (Å²) in [4.78, 5) is 49.5. The first-order chi connectivity index (χ1) is 16.0. The Balaban J connectivity index is 1.70. The van der Waals surface area contributed by atoms with Gasteiger partial charge in [-0.25, -0.2) is 13.1 Å². The Labute approximate surface area is 196 Å². The lowest BCUT2D eigenvalue weighted by Gasteiger charge is -2.25. The first kappa shape index (κ1) is 25.3. The number of nitrogens with zero attached hydrogens (tertiary/aromatic N) is 1. The second-order valence-corrected chi connectivity index (χ2v) is 9.91. The lowest BCUT2D eigenvalue weighted by Crippen LogP contribution is -2.49. The van der Waals surface area contributed by atoms with Crippen LogP contribution in [-0.4, -0.2) is 74.1 Å². The van der Waals surface area contributed by atoms with Crippen LogP contribution in [0.4, 0.5) is 0 Å². The van der Waals surface area contributed by atoms with Gasteiger partial charge in [0, 0.05) is 13.1 Å². The molecule has 34 heavy (non-hydrogen) atoms. The number of primary amides is 1. The molecule has 3 atom stereocenters. The standard InChI is InChI=1S/C21H26N4O8S/c1-12-2-5-14(6-3-12)34(31,32)23-9-13-4-7-15(19(22)28)20(29)25(10-13)11-17(26)24-16-8-18(27)33-21(16)30/h2-6,15-16,21,23,30H,7-11H2,1H3,(H2,22,28)(H,24,26). The minimum absolute atomic E-state index is 0.0441. The Morgan fingerprint density at radius 2 is 1.91 bits per heavy atom. The number of esters is 1. The van der Waals surface area contributed by atoms with Crippen molar-refractivity contribution in [3.05, 3.63) is 41.5 Å². The summed E-state index contributed by atoms with van der Waals surface area (Å²) in [7, 11) is -3.84. The number of hydrogen-bond acceptors (Lipinski definition) is 8. The minimum Gasteiger partial charge on any atom is -0.434 e. The van der Waals surface area contributed by atoms with Crippen LogP contribution in [0.15, 0.2) is 40.8 Å². The molecule has 0 radical (unpaired) electrons. The van der Waals surface area contributed by atoms with E-state index in [0.717, 1.165) is 10.5 Å². The van der Waals surface area contributed by atoms with Gasteiger partial charge in [-0.2, -0.15) is 0 Å². The van der Waals surface area contributed by atoms with Gasteiger partial charge in [-0.3, -0.25) is 19.2 Å². The quantitative estimate of drug-likeness (QED) is 0.187. The van der Waals surface area contributed by atoms with E-state index in [1.54, 1.807) is 18.2 Å². The van der Waals surface area contributed by atoms with Crippen LogP contribution in [0.2, 0.25) is 0 Å². The molecule has 1 fully saturated rings. The van der Waals surface area contributed by atoms with Gasteiger partial charge in [0.2, 0.25) is 34.0 Å². The fourth-order valence-corrected chi connectivity index (χ4v) is 4.61. The van der Waals surface area contributed by atoms with Gasteiger partial charge >= 0.3 is 5.97 Å². The lowest BCUT2D eigenvalue weighted by molar-refractivity contribution is -0.155. The molecule has 13 heteroatoms. The van der Waals surface area contributed by atoms with Crippen LogP contribution in [0, 0.1) is 12.8 Å². The Bertz CT molecular complexity index is 1120. The van der Waals surface area contributed by atoms with E-state index >= 15 is 0 Å². The van der Waals surface area contributed by atoms with E-state index in [4.69, 9.17) is 5.73 Å². The maximum atomic E-state index is 12.8. The van der Waals surface area contributed by atoms with Crippen LogP contribution < -0.4 is 15.8 Å². The number of nitrogens with two attached hydrogens (primary N) is 1. The number of hydrogen-bond donors (Lipinski definition) is 4. The molecule has 5 N–H and O–H groups in total. The third-order valence-corrected chi connectivity index (χ3v) is 6.89. The van der Waals surface area contributed by atoms with Crippen LogP contribution in [0.3, 0.4) is 0 Å². The number of amides is 3. The first-order valence-electron chi connectivity index (χ1n) is 10.5. The van der Waals surface area contributed by atoms with E-state index in [2.05, 4.69) is 14.8 Å². The van der Waals surface area contributed by atoms with Crippen molar-refractivity contribution >= 4 is 33.7 Å². The van der Waals surface area contributed by atoms with Crippen molar-refractivity contribution in [2.45, 2.75) is 37.0 Å². The molecular weight excluding hydrogens is 468 g/mol. The Morgan fingerprint density at radius 3 is 2.50 bits per heavy atom. The van der Waals surface area contributed by atoms with E-state index in [0.29, 0.717) is 5.57 Å². The topological polar surface area (TPSA) is 185 Å². The first-order valence-corrected chi connectivity index (χ1v) is 11.9. The van der Waals surface area contributed by atoms with E-state index < -0.39 is 58.5 Å². The van der Waals surface area contributed by atoms with Gasteiger partial charge in [0.15, 0.2) is 0 Å². The number of carbonyl (C=O) groups excluding carboxylic acids is 4. The Kier molecular flexibility index (Phi) is 7.69. The zero-order valence-corrected chi connectivity index (χ0v) is 19.2. The molecule has 0 spiro atoms. The fraction of sp³-hybridized carbons (Fsp3) is 0.429. The zero-order chi connectivity index (χ0) is 25.0. The highest BCUT2D eigenvalue weighted by Crippen LogP contribution is 2.18.